The van der Waals surface area contributed by atoms with Gasteiger partial charge in [0, 0.05) is 6.54 Å². The van der Waals surface area contributed by atoms with Crippen LogP contribution in [0.15, 0.2) is 0 Å². The van der Waals surface area contributed by atoms with Gasteiger partial charge in [0.15, 0.2) is 0 Å². The topological polar surface area (TPSA) is 84.5 Å². The van der Waals surface area contributed by atoms with E-state index in [1.165, 1.54) is 0 Å². The molecule has 2 N–H and O–H groups in total. The highest BCUT2D eigenvalue weighted by Crippen LogP contribution is 2.11. The van der Waals surface area contributed by atoms with Crippen molar-refractivity contribution in [3.63, 3.8) is 0 Å². The summed E-state index contributed by atoms with van der Waals surface area (Å²) in [5.74, 6) is -0.750. The van der Waals surface area contributed by atoms with Crippen molar-refractivity contribution >= 4 is 18.3 Å². The lowest BCUT2D eigenvalue weighted by molar-refractivity contribution is -0.154. The van der Waals surface area contributed by atoms with Crippen LogP contribution < -0.4 is 10.6 Å². The van der Waals surface area contributed by atoms with Gasteiger partial charge in [-0.05, 0) is 33.1 Å². The molecule has 0 heterocycles. The molecule has 20 heavy (non-hydrogen) atoms. The Bertz CT molecular complexity index is 335. The molecular weight excluding hydrogens is 260 g/mol. The third-order valence-electron chi connectivity index (χ3n) is 2.40. The Morgan fingerprint density at radius 1 is 1.25 bits per heavy atom. The minimum atomic E-state index is -0.571. The van der Waals surface area contributed by atoms with Gasteiger partial charge < -0.3 is 15.4 Å². The molecule has 0 aromatic rings. The number of carbonyl (C=O) groups is 3. The summed E-state index contributed by atoms with van der Waals surface area (Å²) in [5, 5.41) is 5.05. The molecule has 1 unspecified atom stereocenters. The van der Waals surface area contributed by atoms with Gasteiger partial charge in [-0.25, -0.2) is 0 Å². The fourth-order valence-corrected chi connectivity index (χ4v) is 1.72. The lowest BCUT2D eigenvalue weighted by Gasteiger charge is -2.21. The van der Waals surface area contributed by atoms with E-state index in [2.05, 4.69) is 10.6 Å². The first-order valence-corrected chi connectivity index (χ1v) is 6.82. The smallest absolute Gasteiger partial charge is 0.325 e. The monoisotopic (exact) mass is 286 g/mol. The van der Waals surface area contributed by atoms with Gasteiger partial charge in [-0.2, -0.15) is 0 Å². The molecule has 0 rings (SSSR count). The molecule has 0 aliphatic carbocycles. The van der Waals surface area contributed by atoms with Crippen LogP contribution in [0.2, 0.25) is 0 Å². The highest BCUT2D eigenvalue weighted by molar-refractivity contribution is 5.83. The second kappa shape index (κ2) is 8.55. The van der Waals surface area contributed by atoms with E-state index in [-0.39, 0.29) is 24.9 Å². The number of ether oxygens (including phenoxy) is 1. The first-order chi connectivity index (χ1) is 9.15. The Hall–Kier alpha value is -1.59. The zero-order chi connectivity index (χ0) is 15.8. The van der Waals surface area contributed by atoms with E-state index in [1.807, 2.05) is 13.8 Å². The standard InChI is InChI=1S/C14H26N2O4/c1-10(2)6-11(7-15-9-17)13(19)16-8-12(18)20-14(3,4)5/h9-11H,6-8H2,1-5H3,(H,15,17)(H,16,19). The summed E-state index contributed by atoms with van der Waals surface area (Å²) < 4.78 is 5.10. The molecule has 6 nitrogen and oxygen atoms in total. The molecule has 0 aromatic carbocycles. The molecule has 0 radical (unpaired) electrons. The summed E-state index contributed by atoms with van der Waals surface area (Å²) in [6.45, 7) is 9.39. The first kappa shape index (κ1) is 18.4. The maximum absolute atomic E-state index is 12.0. The van der Waals surface area contributed by atoms with E-state index in [0.717, 1.165) is 0 Å². The number of nitrogens with one attached hydrogen (secondary N) is 2. The summed E-state index contributed by atoms with van der Waals surface area (Å²) in [6.07, 6.45) is 1.20. The summed E-state index contributed by atoms with van der Waals surface area (Å²) in [6, 6.07) is 0. The maximum atomic E-state index is 12.0. The van der Waals surface area contributed by atoms with Gasteiger partial charge in [0.1, 0.15) is 12.1 Å². The fourth-order valence-electron chi connectivity index (χ4n) is 1.72. The van der Waals surface area contributed by atoms with Crippen LogP contribution in [0.5, 0.6) is 0 Å². The second-order valence-electron chi connectivity index (χ2n) is 6.16. The third kappa shape index (κ3) is 9.35. The molecule has 0 fully saturated rings. The Balaban J connectivity index is 4.30. The maximum Gasteiger partial charge on any atom is 0.325 e. The van der Waals surface area contributed by atoms with Crippen molar-refractivity contribution < 1.29 is 19.1 Å². The van der Waals surface area contributed by atoms with E-state index in [1.54, 1.807) is 20.8 Å². The minimum absolute atomic E-state index is 0.161. The van der Waals surface area contributed by atoms with Gasteiger partial charge in [-0.3, -0.25) is 14.4 Å². The molecular formula is C14H26N2O4. The Morgan fingerprint density at radius 3 is 2.30 bits per heavy atom. The Labute approximate surface area is 120 Å². The molecule has 0 aromatic heterocycles. The van der Waals surface area contributed by atoms with Gasteiger partial charge >= 0.3 is 5.97 Å². The van der Waals surface area contributed by atoms with Crippen molar-refractivity contribution in [2.24, 2.45) is 11.8 Å². The van der Waals surface area contributed by atoms with Crippen LogP contribution in [0.3, 0.4) is 0 Å². The second-order valence-corrected chi connectivity index (χ2v) is 6.16. The van der Waals surface area contributed by atoms with Crippen LogP contribution in [0.25, 0.3) is 0 Å². The molecule has 0 saturated heterocycles. The zero-order valence-corrected chi connectivity index (χ0v) is 13.0. The Morgan fingerprint density at radius 2 is 1.85 bits per heavy atom. The van der Waals surface area contributed by atoms with E-state index < -0.39 is 11.6 Å². The molecule has 6 heteroatoms. The van der Waals surface area contributed by atoms with Crippen LogP contribution in [-0.4, -0.2) is 37.0 Å². The predicted octanol–water partition coefficient (Wildman–Crippen LogP) is 0.853. The van der Waals surface area contributed by atoms with Crippen LogP contribution in [-0.2, 0) is 19.1 Å². The lowest BCUT2D eigenvalue weighted by atomic mass is 9.96. The number of hydrogen-bond donors (Lipinski definition) is 2. The van der Waals surface area contributed by atoms with Crippen molar-refractivity contribution in [3.05, 3.63) is 0 Å². The number of esters is 1. The molecule has 0 spiro atoms. The van der Waals surface area contributed by atoms with E-state index in [0.29, 0.717) is 18.7 Å². The van der Waals surface area contributed by atoms with E-state index >= 15 is 0 Å². The molecule has 1 atom stereocenters. The first-order valence-electron chi connectivity index (χ1n) is 6.82. The van der Waals surface area contributed by atoms with Crippen molar-refractivity contribution in [1.82, 2.24) is 10.6 Å². The van der Waals surface area contributed by atoms with Crippen molar-refractivity contribution in [2.45, 2.75) is 46.6 Å². The van der Waals surface area contributed by atoms with Crippen LogP contribution in [0.4, 0.5) is 0 Å². The average molecular weight is 286 g/mol. The van der Waals surface area contributed by atoms with Crippen molar-refractivity contribution in [3.8, 4) is 0 Å². The highest BCUT2D eigenvalue weighted by atomic mass is 16.6. The van der Waals surface area contributed by atoms with Crippen LogP contribution in [0, 0.1) is 11.8 Å². The van der Waals surface area contributed by atoms with Gasteiger partial charge in [0.2, 0.25) is 12.3 Å². The fraction of sp³-hybridized carbons (Fsp3) is 0.786. The quantitative estimate of drug-likeness (QED) is 0.512. The number of rotatable bonds is 8. The summed E-state index contributed by atoms with van der Waals surface area (Å²) in [5.41, 5.74) is -0.571. The van der Waals surface area contributed by atoms with Crippen LogP contribution >= 0.6 is 0 Å². The van der Waals surface area contributed by atoms with Gasteiger partial charge in [0.05, 0.1) is 5.92 Å². The summed E-state index contributed by atoms with van der Waals surface area (Å²) in [7, 11) is 0. The van der Waals surface area contributed by atoms with Gasteiger partial charge in [-0.1, -0.05) is 13.8 Å². The predicted molar refractivity (Wildman–Crippen MR) is 75.9 cm³/mol. The zero-order valence-electron chi connectivity index (χ0n) is 13.0. The van der Waals surface area contributed by atoms with E-state index in [9.17, 15) is 14.4 Å². The van der Waals surface area contributed by atoms with Gasteiger partial charge in [-0.15, -0.1) is 0 Å². The molecule has 116 valence electrons. The summed E-state index contributed by atoms with van der Waals surface area (Å²) in [4.78, 5) is 33.8. The van der Waals surface area contributed by atoms with E-state index in [4.69, 9.17) is 4.74 Å². The van der Waals surface area contributed by atoms with Crippen LogP contribution in [0.1, 0.15) is 41.0 Å². The highest BCUT2D eigenvalue weighted by Gasteiger charge is 2.21. The SMILES string of the molecule is CC(C)CC(CNC=O)C(=O)NCC(=O)OC(C)(C)C. The normalized spacial score (nSPS) is 12.7. The molecule has 0 aliphatic heterocycles. The Kier molecular flexibility index (Phi) is 7.87. The minimum Gasteiger partial charge on any atom is -0.459 e. The lowest BCUT2D eigenvalue weighted by Crippen LogP contribution is -2.41. The largest absolute Gasteiger partial charge is 0.459 e. The van der Waals surface area contributed by atoms with Gasteiger partial charge in [0.25, 0.3) is 0 Å². The third-order valence-corrected chi connectivity index (χ3v) is 2.40. The molecule has 0 saturated carbocycles. The van der Waals surface area contributed by atoms with Crippen molar-refractivity contribution in [1.29, 1.82) is 0 Å². The number of hydrogen-bond acceptors (Lipinski definition) is 4. The van der Waals surface area contributed by atoms with Crippen molar-refractivity contribution in [2.75, 3.05) is 13.1 Å². The summed E-state index contributed by atoms with van der Waals surface area (Å²) >= 11 is 0. The number of carbonyl (C=O) groups excluding carboxylic acids is 3. The average Bonchev–Trinajstić information content (AvgIpc) is 2.28. The molecule has 0 bridgehead atoms. The molecule has 0 aliphatic rings. The molecule has 2 amide bonds. The number of amides is 2.